The Hall–Kier alpha value is -1.81. The monoisotopic (exact) mass is 246 g/mol. The van der Waals surface area contributed by atoms with Crippen molar-refractivity contribution in [2.75, 3.05) is 5.73 Å². The fourth-order valence-electron chi connectivity index (χ4n) is 1.46. The van der Waals surface area contributed by atoms with Gasteiger partial charge in [-0.2, -0.15) is 0 Å². The van der Waals surface area contributed by atoms with E-state index in [1.165, 1.54) is 0 Å². The molecule has 0 atom stereocenters. The lowest BCUT2D eigenvalue weighted by Crippen LogP contribution is -2.22. The number of thiophene rings is 1. The molecule has 0 saturated heterocycles. The molecule has 1 aromatic heterocycles. The van der Waals surface area contributed by atoms with Gasteiger partial charge in [-0.15, -0.1) is 11.3 Å². The molecule has 0 radical (unpaired) electrons. The van der Waals surface area contributed by atoms with Gasteiger partial charge in [0.1, 0.15) is 0 Å². The largest absolute Gasteiger partial charge is 0.398 e. The number of hydrogen-bond acceptors (Lipinski definition) is 3. The van der Waals surface area contributed by atoms with Gasteiger partial charge in [0.05, 0.1) is 6.54 Å². The molecule has 0 unspecified atom stereocenters. The summed E-state index contributed by atoms with van der Waals surface area (Å²) in [7, 11) is 0. The minimum atomic E-state index is -0.0925. The standard InChI is InChI=1S/C13H14N2OS/c1-9-4-5-10(7-12(9)14)13(16)15-8-11-3-2-6-17-11/h2-7H,8,14H2,1H3,(H,15,16). The zero-order valence-corrected chi connectivity index (χ0v) is 10.4. The second kappa shape index (κ2) is 5.01. The SMILES string of the molecule is Cc1ccc(C(=O)NCc2cccs2)cc1N. The van der Waals surface area contributed by atoms with Crippen LogP contribution in [0.3, 0.4) is 0 Å². The van der Waals surface area contributed by atoms with Gasteiger partial charge in [0, 0.05) is 16.1 Å². The highest BCUT2D eigenvalue weighted by atomic mass is 32.1. The maximum absolute atomic E-state index is 11.8. The molecule has 17 heavy (non-hydrogen) atoms. The van der Waals surface area contributed by atoms with Crippen molar-refractivity contribution in [3.05, 3.63) is 51.7 Å². The molecule has 4 heteroatoms. The van der Waals surface area contributed by atoms with Crippen molar-refractivity contribution in [2.45, 2.75) is 13.5 Å². The van der Waals surface area contributed by atoms with Crippen LogP contribution in [0.4, 0.5) is 5.69 Å². The summed E-state index contributed by atoms with van der Waals surface area (Å²) in [5.41, 5.74) is 8.01. The van der Waals surface area contributed by atoms with Crippen molar-refractivity contribution in [1.82, 2.24) is 5.32 Å². The number of nitrogens with one attached hydrogen (secondary N) is 1. The molecular formula is C13H14N2OS. The molecule has 3 N–H and O–H groups in total. The average molecular weight is 246 g/mol. The van der Waals surface area contributed by atoms with E-state index in [1.807, 2.05) is 30.5 Å². The molecular weight excluding hydrogens is 232 g/mol. The van der Waals surface area contributed by atoms with E-state index in [-0.39, 0.29) is 5.91 Å². The molecule has 0 bridgehead atoms. The molecule has 2 aromatic rings. The van der Waals surface area contributed by atoms with Crippen LogP contribution in [0.5, 0.6) is 0 Å². The van der Waals surface area contributed by atoms with Gasteiger partial charge in [0.2, 0.25) is 0 Å². The van der Waals surface area contributed by atoms with E-state index in [0.717, 1.165) is 10.4 Å². The molecule has 0 fully saturated rings. The first-order valence-corrected chi connectivity index (χ1v) is 6.21. The number of benzene rings is 1. The summed E-state index contributed by atoms with van der Waals surface area (Å²) < 4.78 is 0. The van der Waals surface area contributed by atoms with Crippen molar-refractivity contribution in [1.29, 1.82) is 0 Å². The lowest BCUT2D eigenvalue weighted by atomic mass is 10.1. The lowest BCUT2D eigenvalue weighted by molar-refractivity contribution is 0.0951. The topological polar surface area (TPSA) is 55.1 Å². The number of carbonyl (C=O) groups is 1. The molecule has 0 aliphatic carbocycles. The maximum atomic E-state index is 11.8. The second-order valence-electron chi connectivity index (χ2n) is 3.83. The molecule has 1 heterocycles. The maximum Gasteiger partial charge on any atom is 0.251 e. The van der Waals surface area contributed by atoms with Gasteiger partial charge in [-0.25, -0.2) is 0 Å². The highest BCUT2D eigenvalue weighted by molar-refractivity contribution is 7.09. The first kappa shape index (κ1) is 11.7. The molecule has 1 amide bonds. The Kier molecular flexibility index (Phi) is 3.44. The highest BCUT2D eigenvalue weighted by Crippen LogP contribution is 2.13. The van der Waals surface area contributed by atoms with Crippen LogP contribution in [0.2, 0.25) is 0 Å². The Labute approximate surface area is 104 Å². The second-order valence-corrected chi connectivity index (χ2v) is 4.87. The number of hydrogen-bond donors (Lipinski definition) is 2. The summed E-state index contributed by atoms with van der Waals surface area (Å²) in [6.07, 6.45) is 0. The summed E-state index contributed by atoms with van der Waals surface area (Å²) in [5, 5.41) is 4.86. The van der Waals surface area contributed by atoms with Crippen LogP contribution in [0.15, 0.2) is 35.7 Å². The normalized spacial score (nSPS) is 10.2. The minimum absolute atomic E-state index is 0.0925. The average Bonchev–Trinajstić information content (AvgIpc) is 2.82. The highest BCUT2D eigenvalue weighted by Gasteiger charge is 2.06. The molecule has 88 valence electrons. The van der Waals surface area contributed by atoms with Crippen LogP contribution < -0.4 is 11.1 Å². The van der Waals surface area contributed by atoms with Gasteiger partial charge >= 0.3 is 0 Å². The molecule has 0 saturated carbocycles. The number of carbonyl (C=O) groups excluding carboxylic acids is 1. The minimum Gasteiger partial charge on any atom is -0.398 e. The van der Waals surface area contributed by atoms with E-state index in [0.29, 0.717) is 17.8 Å². The Morgan fingerprint density at radius 1 is 1.41 bits per heavy atom. The first-order chi connectivity index (χ1) is 8.16. The van der Waals surface area contributed by atoms with E-state index in [4.69, 9.17) is 5.73 Å². The Balaban J connectivity index is 2.02. The van der Waals surface area contributed by atoms with E-state index >= 15 is 0 Å². The van der Waals surface area contributed by atoms with Crippen LogP contribution >= 0.6 is 11.3 Å². The van der Waals surface area contributed by atoms with Gasteiger partial charge in [-0.3, -0.25) is 4.79 Å². The van der Waals surface area contributed by atoms with E-state index in [1.54, 1.807) is 23.5 Å². The molecule has 0 aliphatic heterocycles. The number of anilines is 1. The summed E-state index contributed by atoms with van der Waals surface area (Å²) in [5.74, 6) is -0.0925. The van der Waals surface area contributed by atoms with E-state index in [9.17, 15) is 4.79 Å². The fraction of sp³-hybridized carbons (Fsp3) is 0.154. The van der Waals surface area contributed by atoms with Crippen molar-refractivity contribution in [2.24, 2.45) is 0 Å². The zero-order valence-electron chi connectivity index (χ0n) is 9.57. The smallest absolute Gasteiger partial charge is 0.251 e. The van der Waals surface area contributed by atoms with Gasteiger partial charge in [0.15, 0.2) is 0 Å². The Bertz CT molecular complexity index is 520. The lowest BCUT2D eigenvalue weighted by Gasteiger charge is -2.06. The predicted octanol–water partition coefficient (Wildman–Crippen LogP) is 2.57. The van der Waals surface area contributed by atoms with Gasteiger partial charge in [0.25, 0.3) is 5.91 Å². The van der Waals surface area contributed by atoms with Crippen molar-refractivity contribution < 1.29 is 4.79 Å². The summed E-state index contributed by atoms with van der Waals surface area (Å²) in [4.78, 5) is 13.0. The number of nitrogen functional groups attached to an aromatic ring is 1. The summed E-state index contributed by atoms with van der Waals surface area (Å²) in [6.45, 7) is 2.48. The molecule has 0 aliphatic rings. The van der Waals surface area contributed by atoms with Gasteiger partial charge < -0.3 is 11.1 Å². The number of aryl methyl sites for hydroxylation is 1. The number of rotatable bonds is 3. The molecule has 0 spiro atoms. The summed E-state index contributed by atoms with van der Waals surface area (Å²) >= 11 is 1.63. The van der Waals surface area contributed by atoms with Crippen molar-refractivity contribution >= 4 is 22.9 Å². The van der Waals surface area contributed by atoms with Gasteiger partial charge in [-0.05, 0) is 36.1 Å². The summed E-state index contributed by atoms with van der Waals surface area (Å²) in [6, 6.07) is 9.31. The van der Waals surface area contributed by atoms with Crippen molar-refractivity contribution in [3.63, 3.8) is 0 Å². The third-order valence-corrected chi connectivity index (χ3v) is 3.42. The number of amides is 1. The Morgan fingerprint density at radius 2 is 2.24 bits per heavy atom. The Morgan fingerprint density at radius 3 is 2.88 bits per heavy atom. The quantitative estimate of drug-likeness (QED) is 0.818. The van der Waals surface area contributed by atoms with E-state index in [2.05, 4.69) is 5.32 Å². The molecule has 3 nitrogen and oxygen atoms in total. The van der Waals surface area contributed by atoms with Crippen molar-refractivity contribution in [3.8, 4) is 0 Å². The van der Waals surface area contributed by atoms with Crippen LogP contribution in [0.1, 0.15) is 20.8 Å². The van der Waals surface area contributed by atoms with Crippen LogP contribution in [-0.2, 0) is 6.54 Å². The predicted molar refractivity (Wildman–Crippen MR) is 71.1 cm³/mol. The van der Waals surface area contributed by atoms with Crippen LogP contribution in [0.25, 0.3) is 0 Å². The zero-order chi connectivity index (χ0) is 12.3. The van der Waals surface area contributed by atoms with Crippen LogP contribution in [0, 0.1) is 6.92 Å². The van der Waals surface area contributed by atoms with E-state index < -0.39 is 0 Å². The first-order valence-electron chi connectivity index (χ1n) is 5.33. The molecule has 2 rings (SSSR count). The third kappa shape index (κ3) is 2.85. The number of nitrogens with two attached hydrogens (primary N) is 1. The molecule has 1 aromatic carbocycles. The third-order valence-electron chi connectivity index (χ3n) is 2.54. The fourth-order valence-corrected chi connectivity index (χ4v) is 2.11. The van der Waals surface area contributed by atoms with Gasteiger partial charge in [-0.1, -0.05) is 12.1 Å². The van der Waals surface area contributed by atoms with Crippen LogP contribution in [-0.4, -0.2) is 5.91 Å².